The van der Waals surface area contributed by atoms with Crippen LogP contribution in [-0.2, 0) is 16.0 Å². The van der Waals surface area contributed by atoms with Crippen LogP contribution in [0.5, 0.6) is 0 Å². The smallest absolute Gasteiger partial charge is 0.408 e. The number of carbonyl (C=O) groups excluding carboxylic acids is 1. The van der Waals surface area contributed by atoms with E-state index in [4.69, 9.17) is 4.74 Å². The van der Waals surface area contributed by atoms with E-state index >= 15 is 0 Å². The molecule has 154 valence electrons. The van der Waals surface area contributed by atoms with Crippen LogP contribution in [0.25, 0.3) is 11.0 Å². The van der Waals surface area contributed by atoms with Gasteiger partial charge in [-0.15, -0.1) is 0 Å². The summed E-state index contributed by atoms with van der Waals surface area (Å²) in [4.78, 5) is 32.1. The highest BCUT2D eigenvalue weighted by Crippen LogP contribution is 2.54. The maximum absolute atomic E-state index is 12.7. The summed E-state index contributed by atoms with van der Waals surface area (Å²) in [6.45, 7) is 1.53. The van der Waals surface area contributed by atoms with Gasteiger partial charge in [0.05, 0.1) is 0 Å². The molecule has 3 N–H and O–H groups in total. The number of carbonyl (C=O) groups is 2. The van der Waals surface area contributed by atoms with Gasteiger partial charge in [0.15, 0.2) is 0 Å². The van der Waals surface area contributed by atoms with Gasteiger partial charge >= 0.3 is 12.1 Å². The van der Waals surface area contributed by atoms with Crippen molar-refractivity contribution < 1.29 is 19.4 Å². The van der Waals surface area contributed by atoms with E-state index < -0.39 is 17.6 Å². The summed E-state index contributed by atoms with van der Waals surface area (Å²) >= 11 is 0. The van der Waals surface area contributed by atoms with Crippen molar-refractivity contribution in [2.45, 2.75) is 57.1 Å². The third-order valence-electron chi connectivity index (χ3n) is 7.31. The zero-order chi connectivity index (χ0) is 20.2. The minimum atomic E-state index is -1.46. The van der Waals surface area contributed by atoms with Crippen molar-refractivity contribution in [1.29, 1.82) is 0 Å². The standard InChI is InChI=1S/C22H27N3O4/c1-22(20(26)27,10-16-11-24-19-17(16)3-2-4-23-19)25-21(28)29-18-14-6-12-5-13(8-14)9-15(18)7-12/h2-4,11-15,18H,5-10H2,1H3,(H,23,24)(H,25,28)(H,26,27). The highest BCUT2D eigenvalue weighted by Gasteiger charge is 2.50. The van der Waals surface area contributed by atoms with Crippen molar-refractivity contribution in [3.63, 3.8) is 0 Å². The first-order valence-electron chi connectivity index (χ1n) is 10.5. The number of hydrogen-bond acceptors (Lipinski definition) is 4. The second-order valence-corrected chi connectivity index (χ2v) is 9.45. The Bertz CT molecular complexity index is 926. The predicted octanol–water partition coefficient (Wildman–Crippen LogP) is 3.50. The first-order valence-corrected chi connectivity index (χ1v) is 10.5. The summed E-state index contributed by atoms with van der Waals surface area (Å²) in [6, 6.07) is 3.70. The summed E-state index contributed by atoms with van der Waals surface area (Å²) in [5, 5.41) is 13.4. The van der Waals surface area contributed by atoms with E-state index in [2.05, 4.69) is 15.3 Å². The van der Waals surface area contributed by atoms with Gasteiger partial charge in [0.2, 0.25) is 0 Å². The highest BCUT2D eigenvalue weighted by atomic mass is 16.6. The summed E-state index contributed by atoms with van der Waals surface area (Å²) in [5.41, 5.74) is 0.0351. The summed E-state index contributed by atoms with van der Waals surface area (Å²) < 4.78 is 5.85. The molecule has 4 aliphatic rings. The number of H-pyrrole nitrogens is 1. The lowest BCUT2D eigenvalue weighted by atomic mass is 9.55. The van der Waals surface area contributed by atoms with E-state index in [1.807, 2.05) is 12.1 Å². The van der Waals surface area contributed by atoms with Gasteiger partial charge in [-0.2, -0.15) is 0 Å². The first kappa shape index (κ1) is 18.5. The second kappa shape index (κ2) is 6.75. The van der Waals surface area contributed by atoms with E-state index in [0.29, 0.717) is 17.5 Å². The SMILES string of the molecule is CC(Cc1c[nH]c2ncccc12)(NC(=O)OC1C2CC3CC(C2)CC1C3)C(=O)O. The fraction of sp³-hybridized carbons (Fsp3) is 0.591. The minimum Gasteiger partial charge on any atom is -0.480 e. The Kier molecular flexibility index (Phi) is 4.29. The number of fused-ring (bicyclic) bond motifs is 1. The number of rotatable bonds is 5. The summed E-state index contributed by atoms with van der Waals surface area (Å²) in [7, 11) is 0. The Labute approximate surface area is 169 Å². The number of ether oxygens (including phenoxy) is 1. The third kappa shape index (κ3) is 3.26. The molecule has 4 bridgehead atoms. The zero-order valence-electron chi connectivity index (χ0n) is 16.6. The van der Waals surface area contributed by atoms with Crippen LogP contribution in [0.4, 0.5) is 4.79 Å². The number of carboxylic acids is 1. The highest BCUT2D eigenvalue weighted by molar-refractivity contribution is 5.86. The van der Waals surface area contributed by atoms with Crippen LogP contribution in [0.1, 0.15) is 44.6 Å². The number of pyridine rings is 1. The molecule has 2 heterocycles. The van der Waals surface area contributed by atoms with Crippen LogP contribution < -0.4 is 5.32 Å². The quantitative estimate of drug-likeness (QED) is 0.716. The molecular weight excluding hydrogens is 370 g/mol. The Morgan fingerprint density at radius 2 is 1.93 bits per heavy atom. The first-order chi connectivity index (χ1) is 13.9. The Morgan fingerprint density at radius 1 is 1.24 bits per heavy atom. The van der Waals surface area contributed by atoms with Gasteiger partial charge in [-0.3, -0.25) is 0 Å². The van der Waals surface area contributed by atoms with Crippen LogP contribution in [-0.4, -0.2) is 38.8 Å². The molecule has 0 saturated heterocycles. The van der Waals surface area contributed by atoms with Crippen molar-refractivity contribution in [1.82, 2.24) is 15.3 Å². The van der Waals surface area contributed by atoms with Gasteiger partial charge in [0.1, 0.15) is 17.3 Å². The van der Waals surface area contributed by atoms with E-state index in [-0.39, 0.29) is 12.5 Å². The van der Waals surface area contributed by atoms with E-state index in [1.165, 1.54) is 13.3 Å². The van der Waals surface area contributed by atoms with Crippen molar-refractivity contribution in [2.75, 3.05) is 0 Å². The van der Waals surface area contributed by atoms with Gasteiger partial charge in [-0.05, 0) is 80.4 Å². The largest absolute Gasteiger partial charge is 0.480 e. The molecule has 2 aromatic heterocycles. The second-order valence-electron chi connectivity index (χ2n) is 9.45. The molecule has 0 aromatic carbocycles. The van der Waals surface area contributed by atoms with Gasteiger partial charge in [-0.1, -0.05) is 0 Å². The maximum atomic E-state index is 12.7. The number of aromatic amines is 1. The molecule has 2 aromatic rings. The molecule has 6 rings (SSSR count). The number of aliphatic carboxylic acids is 1. The molecule has 4 aliphatic carbocycles. The van der Waals surface area contributed by atoms with Crippen molar-refractivity contribution in [3.8, 4) is 0 Å². The molecule has 4 saturated carbocycles. The van der Waals surface area contributed by atoms with Crippen LogP contribution in [0, 0.1) is 23.7 Å². The topological polar surface area (TPSA) is 104 Å². The number of hydrogen-bond donors (Lipinski definition) is 3. The average molecular weight is 397 g/mol. The number of amides is 1. The van der Waals surface area contributed by atoms with Crippen LogP contribution >= 0.6 is 0 Å². The van der Waals surface area contributed by atoms with E-state index in [0.717, 1.165) is 48.5 Å². The van der Waals surface area contributed by atoms with E-state index in [9.17, 15) is 14.7 Å². The van der Waals surface area contributed by atoms with Crippen LogP contribution in [0.2, 0.25) is 0 Å². The number of nitrogens with one attached hydrogen (secondary N) is 2. The van der Waals surface area contributed by atoms with E-state index in [1.54, 1.807) is 12.4 Å². The number of aromatic nitrogens is 2. The lowest BCUT2D eigenvalue weighted by molar-refractivity contribution is -0.144. The lowest BCUT2D eigenvalue weighted by Gasteiger charge is -2.53. The molecule has 29 heavy (non-hydrogen) atoms. The average Bonchev–Trinajstić information content (AvgIpc) is 3.07. The van der Waals surface area contributed by atoms with Gasteiger partial charge in [0.25, 0.3) is 0 Å². The molecule has 7 heteroatoms. The lowest BCUT2D eigenvalue weighted by Crippen LogP contribution is -2.56. The number of carboxylic acid groups (broad SMARTS) is 1. The fourth-order valence-electron chi connectivity index (χ4n) is 6.16. The van der Waals surface area contributed by atoms with Gasteiger partial charge in [0, 0.05) is 24.2 Å². The molecule has 7 nitrogen and oxygen atoms in total. The predicted molar refractivity (Wildman–Crippen MR) is 106 cm³/mol. The molecular formula is C22H27N3O4. The molecule has 0 spiro atoms. The summed E-state index contributed by atoms with van der Waals surface area (Å²) in [5.74, 6) is 1.37. The number of nitrogens with zero attached hydrogens (tertiary/aromatic N) is 1. The van der Waals surface area contributed by atoms with Crippen molar-refractivity contribution in [2.24, 2.45) is 23.7 Å². The van der Waals surface area contributed by atoms with Gasteiger partial charge < -0.3 is 20.1 Å². The normalized spacial score (nSPS) is 32.1. The molecule has 4 fully saturated rings. The Morgan fingerprint density at radius 3 is 2.59 bits per heavy atom. The Hall–Kier alpha value is -2.57. The number of alkyl carbamates (subject to hydrolysis) is 1. The van der Waals surface area contributed by atoms with Crippen LogP contribution in [0.3, 0.4) is 0 Å². The summed E-state index contributed by atoms with van der Waals surface area (Å²) in [6.07, 6.45) is 8.79. The van der Waals surface area contributed by atoms with Crippen molar-refractivity contribution in [3.05, 3.63) is 30.1 Å². The van der Waals surface area contributed by atoms with Gasteiger partial charge in [-0.25, -0.2) is 14.6 Å². The third-order valence-corrected chi connectivity index (χ3v) is 7.31. The molecule has 1 atom stereocenters. The van der Waals surface area contributed by atoms with Crippen molar-refractivity contribution >= 4 is 23.1 Å². The molecule has 1 amide bonds. The maximum Gasteiger partial charge on any atom is 0.408 e. The molecule has 0 aliphatic heterocycles. The Balaban J connectivity index is 1.30. The zero-order valence-corrected chi connectivity index (χ0v) is 16.6. The fourth-order valence-corrected chi connectivity index (χ4v) is 6.16. The molecule has 0 radical (unpaired) electrons. The minimum absolute atomic E-state index is 0.0712. The molecule has 1 unspecified atom stereocenters. The monoisotopic (exact) mass is 397 g/mol. The van der Waals surface area contributed by atoms with Crippen LogP contribution in [0.15, 0.2) is 24.5 Å².